The highest BCUT2D eigenvalue weighted by atomic mass is 32.2. The van der Waals surface area contributed by atoms with Gasteiger partial charge in [0.15, 0.2) is 0 Å². The number of aromatic amines is 1. The summed E-state index contributed by atoms with van der Waals surface area (Å²) in [5, 5.41) is 0. The number of alkyl halides is 3. The van der Waals surface area contributed by atoms with Crippen molar-refractivity contribution in [3.63, 3.8) is 0 Å². The highest BCUT2D eigenvalue weighted by molar-refractivity contribution is 7.98. The van der Waals surface area contributed by atoms with Crippen LogP contribution in [0.1, 0.15) is 11.3 Å². The fourth-order valence-corrected chi connectivity index (χ4v) is 3.08. The molecule has 0 amide bonds. The van der Waals surface area contributed by atoms with Gasteiger partial charge < -0.3 is 9.72 Å². The van der Waals surface area contributed by atoms with Crippen LogP contribution in [0.4, 0.5) is 13.2 Å². The molecule has 2 aromatic rings. The number of rotatable bonds is 2. The fraction of sp³-hybridized carbons (Fsp3) is 0.231. The molecule has 0 saturated carbocycles. The molecule has 1 aliphatic rings. The summed E-state index contributed by atoms with van der Waals surface area (Å²) < 4.78 is 40.5. The van der Waals surface area contributed by atoms with Gasteiger partial charge in [-0.05, 0) is 12.1 Å². The minimum absolute atomic E-state index is 0.244. The van der Waals surface area contributed by atoms with Crippen molar-refractivity contribution in [2.75, 3.05) is 0 Å². The van der Waals surface area contributed by atoms with E-state index in [0.717, 1.165) is 0 Å². The molecule has 1 aromatic carbocycles. The summed E-state index contributed by atoms with van der Waals surface area (Å²) >= 11 is 1.58. The van der Waals surface area contributed by atoms with E-state index in [4.69, 9.17) is 0 Å². The summed E-state index contributed by atoms with van der Waals surface area (Å²) in [7, 11) is 0. The predicted octanol–water partition coefficient (Wildman–Crippen LogP) is 3.08. The zero-order chi connectivity index (χ0) is 15.0. The number of thioether (sulfide) groups is 1. The second kappa shape index (κ2) is 5.10. The Bertz CT molecular complexity index is 743. The highest BCUT2D eigenvalue weighted by Crippen LogP contribution is 2.29. The van der Waals surface area contributed by atoms with Gasteiger partial charge in [0.05, 0.1) is 5.69 Å². The molecular formula is C13H9F3N2O2S. The number of ether oxygens (including phenoxy) is 1. The van der Waals surface area contributed by atoms with Gasteiger partial charge in [-0.2, -0.15) is 11.8 Å². The second-order valence-corrected chi connectivity index (χ2v) is 5.39. The lowest BCUT2D eigenvalue weighted by Crippen LogP contribution is -2.17. The summed E-state index contributed by atoms with van der Waals surface area (Å²) in [5.41, 5.74) is 1.43. The minimum atomic E-state index is -4.76. The van der Waals surface area contributed by atoms with E-state index in [1.807, 2.05) is 0 Å². The van der Waals surface area contributed by atoms with Crippen molar-refractivity contribution in [1.29, 1.82) is 0 Å². The molecule has 0 aliphatic carbocycles. The van der Waals surface area contributed by atoms with Crippen LogP contribution in [0, 0.1) is 0 Å². The Morgan fingerprint density at radius 3 is 2.86 bits per heavy atom. The fourth-order valence-electron chi connectivity index (χ4n) is 2.04. The summed E-state index contributed by atoms with van der Waals surface area (Å²) in [4.78, 5) is 18.8. The monoisotopic (exact) mass is 314 g/mol. The van der Waals surface area contributed by atoms with Crippen molar-refractivity contribution in [1.82, 2.24) is 9.97 Å². The van der Waals surface area contributed by atoms with E-state index >= 15 is 0 Å². The maximum absolute atomic E-state index is 12.2. The number of H-pyrrole nitrogens is 1. The van der Waals surface area contributed by atoms with Gasteiger partial charge in [-0.15, -0.1) is 13.2 Å². The van der Waals surface area contributed by atoms with Crippen LogP contribution in [0.15, 0.2) is 29.1 Å². The third kappa shape index (κ3) is 3.05. The molecule has 0 fully saturated rings. The molecule has 21 heavy (non-hydrogen) atoms. The van der Waals surface area contributed by atoms with Crippen molar-refractivity contribution in [2.24, 2.45) is 0 Å². The maximum atomic E-state index is 12.2. The van der Waals surface area contributed by atoms with E-state index < -0.39 is 6.36 Å². The summed E-state index contributed by atoms with van der Waals surface area (Å²) in [6.45, 7) is 0. The third-order valence-corrected chi connectivity index (χ3v) is 3.90. The molecule has 0 unspecified atom stereocenters. The summed E-state index contributed by atoms with van der Waals surface area (Å²) in [6, 6.07) is 5.37. The van der Waals surface area contributed by atoms with Gasteiger partial charge >= 0.3 is 6.36 Å². The van der Waals surface area contributed by atoms with Crippen molar-refractivity contribution in [2.45, 2.75) is 17.9 Å². The Balaban J connectivity index is 2.00. The van der Waals surface area contributed by atoms with Gasteiger partial charge in [0.2, 0.25) is 0 Å². The molecule has 1 N–H and O–H groups in total. The SMILES string of the molecule is O=c1[nH]c(-c2cccc(OC(F)(F)F)c2)nc2c1CSC2. The van der Waals surface area contributed by atoms with E-state index in [1.165, 1.54) is 18.2 Å². The average Bonchev–Trinajstić information content (AvgIpc) is 2.86. The minimum Gasteiger partial charge on any atom is -0.406 e. The number of nitrogens with one attached hydrogen (secondary N) is 1. The normalized spacial score (nSPS) is 14.0. The molecule has 0 bridgehead atoms. The molecule has 110 valence electrons. The number of halogens is 3. The largest absolute Gasteiger partial charge is 0.573 e. The first-order valence-electron chi connectivity index (χ1n) is 5.98. The van der Waals surface area contributed by atoms with Crippen LogP contribution < -0.4 is 10.3 Å². The number of hydrogen-bond donors (Lipinski definition) is 1. The standard InChI is InChI=1S/C13H9F3N2O2S/c14-13(15,16)20-8-3-1-2-7(4-8)11-17-10-6-21-5-9(10)12(19)18-11/h1-4H,5-6H2,(H,17,18,19). The molecule has 8 heteroatoms. The number of aromatic nitrogens is 2. The summed E-state index contributed by atoms with van der Waals surface area (Å²) in [6.07, 6.45) is -4.76. The van der Waals surface area contributed by atoms with Gasteiger partial charge in [-0.25, -0.2) is 4.98 Å². The Morgan fingerprint density at radius 2 is 2.10 bits per heavy atom. The quantitative estimate of drug-likeness (QED) is 0.925. The molecule has 0 radical (unpaired) electrons. The Morgan fingerprint density at radius 1 is 1.29 bits per heavy atom. The van der Waals surface area contributed by atoms with Crippen LogP contribution in [-0.4, -0.2) is 16.3 Å². The Kier molecular flexibility index (Phi) is 3.40. The number of fused-ring (bicyclic) bond motifs is 1. The van der Waals surface area contributed by atoms with Crippen LogP contribution in [0.5, 0.6) is 5.75 Å². The zero-order valence-electron chi connectivity index (χ0n) is 10.5. The first-order valence-corrected chi connectivity index (χ1v) is 7.14. The van der Waals surface area contributed by atoms with Gasteiger partial charge in [0, 0.05) is 22.6 Å². The average molecular weight is 314 g/mol. The lowest BCUT2D eigenvalue weighted by molar-refractivity contribution is -0.274. The van der Waals surface area contributed by atoms with Gasteiger partial charge in [0.25, 0.3) is 5.56 Å². The molecule has 1 aliphatic heterocycles. The molecule has 0 saturated heterocycles. The first-order chi connectivity index (χ1) is 9.92. The second-order valence-electron chi connectivity index (χ2n) is 4.41. The van der Waals surface area contributed by atoms with Crippen molar-refractivity contribution in [3.8, 4) is 17.1 Å². The van der Waals surface area contributed by atoms with E-state index in [9.17, 15) is 18.0 Å². The lowest BCUT2D eigenvalue weighted by atomic mass is 10.2. The van der Waals surface area contributed by atoms with Crippen LogP contribution in [0.2, 0.25) is 0 Å². The topological polar surface area (TPSA) is 55.0 Å². The third-order valence-electron chi connectivity index (χ3n) is 2.93. The molecule has 3 rings (SSSR count). The number of benzene rings is 1. The number of hydrogen-bond acceptors (Lipinski definition) is 4. The maximum Gasteiger partial charge on any atom is 0.573 e. The first kappa shape index (κ1) is 14.0. The highest BCUT2D eigenvalue weighted by Gasteiger charge is 2.31. The molecule has 1 aromatic heterocycles. The molecule has 0 spiro atoms. The van der Waals surface area contributed by atoms with E-state index in [2.05, 4.69) is 14.7 Å². The van der Waals surface area contributed by atoms with Crippen LogP contribution in [-0.2, 0) is 11.5 Å². The summed E-state index contributed by atoms with van der Waals surface area (Å²) in [5.74, 6) is 1.13. The number of nitrogens with zero attached hydrogens (tertiary/aromatic N) is 1. The Hall–Kier alpha value is -1.96. The van der Waals surface area contributed by atoms with Gasteiger partial charge in [-0.1, -0.05) is 12.1 Å². The lowest BCUT2D eigenvalue weighted by Gasteiger charge is -2.10. The predicted molar refractivity (Wildman–Crippen MR) is 72.0 cm³/mol. The van der Waals surface area contributed by atoms with E-state index in [0.29, 0.717) is 28.3 Å². The van der Waals surface area contributed by atoms with Crippen molar-refractivity contribution < 1.29 is 17.9 Å². The van der Waals surface area contributed by atoms with Crippen molar-refractivity contribution >= 4 is 11.8 Å². The molecule has 4 nitrogen and oxygen atoms in total. The molecule has 2 heterocycles. The van der Waals surface area contributed by atoms with E-state index in [-0.39, 0.29) is 17.1 Å². The van der Waals surface area contributed by atoms with Crippen LogP contribution >= 0.6 is 11.8 Å². The molecule has 0 atom stereocenters. The van der Waals surface area contributed by atoms with Gasteiger partial charge in [0.1, 0.15) is 11.6 Å². The van der Waals surface area contributed by atoms with Crippen molar-refractivity contribution in [3.05, 3.63) is 45.9 Å². The zero-order valence-corrected chi connectivity index (χ0v) is 11.3. The van der Waals surface area contributed by atoms with Crippen LogP contribution in [0.25, 0.3) is 11.4 Å². The van der Waals surface area contributed by atoms with Crippen LogP contribution in [0.3, 0.4) is 0 Å². The smallest absolute Gasteiger partial charge is 0.406 e. The van der Waals surface area contributed by atoms with Gasteiger partial charge in [-0.3, -0.25) is 4.79 Å². The molecular weight excluding hydrogens is 305 g/mol. The Labute approximate surface area is 121 Å². The van der Waals surface area contributed by atoms with E-state index in [1.54, 1.807) is 17.8 Å².